The van der Waals surface area contributed by atoms with Gasteiger partial charge >= 0.3 is 5.97 Å². The number of carbonyl (C=O) groups excluding carboxylic acids is 1. The first-order chi connectivity index (χ1) is 9.76. The lowest BCUT2D eigenvalue weighted by atomic mass is 10.3. The number of aryl methyl sites for hydroxylation is 1. The predicted molar refractivity (Wildman–Crippen MR) is 85.5 cm³/mol. The number of hydrogen-bond donors (Lipinski definition) is 1. The second-order valence-corrected chi connectivity index (χ2v) is 8.75. The Bertz CT molecular complexity index is 794. The molecule has 114 valence electrons. The van der Waals surface area contributed by atoms with Crippen molar-refractivity contribution in [3.8, 4) is 0 Å². The van der Waals surface area contributed by atoms with Crippen LogP contribution in [0.4, 0.5) is 5.69 Å². The van der Waals surface area contributed by atoms with Crippen LogP contribution in [0.5, 0.6) is 0 Å². The highest BCUT2D eigenvalue weighted by Gasteiger charge is 2.26. The number of nitrogens with one attached hydrogen (secondary N) is 1. The van der Waals surface area contributed by atoms with Crippen molar-refractivity contribution < 1.29 is 17.9 Å². The van der Waals surface area contributed by atoms with Gasteiger partial charge in [-0.25, -0.2) is 13.2 Å². The van der Waals surface area contributed by atoms with E-state index in [0.29, 0.717) is 5.56 Å². The van der Waals surface area contributed by atoms with Crippen LogP contribution in [0.1, 0.15) is 15.2 Å². The van der Waals surface area contributed by atoms with E-state index < -0.39 is 16.0 Å². The highest BCUT2D eigenvalue weighted by molar-refractivity contribution is 7.94. The fourth-order valence-electron chi connectivity index (χ4n) is 1.50. The van der Waals surface area contributed by atoms with Gasteiger partial charge in [0.1, 0.15) is 4.88 Å². The van der Waals surface area contributed by atoms with Gasteiger partial charge in [0.15, 0.2) is 4.21 Å². The summed E-state index contributed by atoms with van der Waals surface area (Å²) >= 11 is 13.6. The minimum absolute atomic E-state index is 0.0324. The van der Waals surface area contributed by atoms with Gasteiger partial charge in [0.05, 0.1) is 22.2 Å². The smallest absolute Gasteiger partial charge is 0.350 e. The normalized spacial score (nSPS) is 11.4. The molecule has 2 heterocycles. The van der Waals surface area contributed by atoms with E-state index in [-0.39, 0.29) is 24.1 Å². The van der Waals surface area contributed by atoms with Crippen molar-refractivity contribution in [2.24, 2.45) is 0 Å². The number of anilines is 1. The molecule has 1 N–H and O–H groups in total. The van der Waals surface area contributed by atoms with Gasteiger partial charge in [0.2, 0.25) is 0 Å². The number of esters is 1. The SMILES string of the molecule is COC(=O)c1scc(C)c1NS(=O)(=O)c1sc(Cl)cc1Cl. The van der Waals surface area contributed by atoms with E-state index in [9.17, 15) is 13.2 Å². The van der Waals surface area contributed by atoms with E-state index >= 15 is 0 Å². The first kappa shape index (κ1) is 16.6. The van der Waals surface area contributed by atoms with Crippen LogP contribution >= 0.6 is 45.9 Å². The number of hydrogen-bond acceptors (Lipinski definition) is 6. The van der Waals surface area contributed by atoms with Crippen molar-refractivity contribution in [1.82, 2.24) is 0 Å². The van der Waals surface area contributed by atoms with E-state index in [1.165, 1.54) is 13.2 Å². The molecule has 0 saturated carbocycles. The van der Waals surface area contributed by atoms with Crippen LogP contribution in [-0.4, -0.2) is 21.5 Å². The minimum Gasteiger partial charge on any atom is -0.465 e. The molecule has 2 aromatic heterocycles. The zero-order valence-corrected chi connectivity index (χ0v) is 14.7. The van der Waals surface area contributed by atoms with Crippen molar-refractivity contribution in [3.05, 3.63) is 31.2 Å². The molecule has 0 atom stereocenters. The molecule has 0 unspecified atom stereocenters. The van der Waals surface area contributed by atoms with Crippen molar-refractivity contribution >= 4 is 67.6 Å². The Kier molecular flexibility index (Phi) is 4.84. The quantitative estimate of drug-likeness (QED) is 0.806. The van der Waals surface area contributed by atoms with Crippen molar-refractivity contribution in [2.75, 3.05) is 11.8 Å². The lowest BCUT2D eigenvalue weighted by Gasteiger charge is -2.08. The number of halogens is 2. The number of sulfonamides is 1. The first-order valence-electron chi connectivity index (χ1n) is 5.40. The van der Waals surface area contributed by atoms with Crippen LogP contribution in [0.15, 0.2) is 15.7 Å². The zero-order chi connectivity index (χ0) is 15.8. The Morgan fingerprint density at radius 2 is 2.05 bits per heavy atom. The van der Waals surface area contributed by atoms with Crippen LogP contribution in [0.2, 0.25) is 9.36 Å². The van der Waals surface area contributed by atoms with Crippen LogP contribution < -0.4 is 4.72 Å². The average Bonchev–Trinajstić information content (AvgIpc) is 2.92. The van der Waals surface area contributed by atoms with Gasteiger partial charge in [-0.05, 0) is 23.9 Å². The third-order valence-corrected chi connectivity index (χ3v) is 7.20. The summed E-state index contributed by atoms with van der Waals surface area (Å²) in [5, 5.41) is 1.69. The number of rotatable bonds is 4. The number of carbonyl (C=O) groups is 1. The summed E-state index contributed by atoms with van der Waals surface area (Å²) in [5.41, 5.74) is 0.801. The highest BCUT2D eigenvalue weighted by atomic mass is 35.5. The molecule has 0 spiro atoms. The molecule has 0 aromatic carbocycles. The van der Waals surface area contributed by atoms with Crippen LogP contribution in [-0.2, 0) is 14.8 Å². The fraction of sp³-hybridized carbons (Fsp3) is 0.182. The molecule has 0 fully saturated rings. The number of methoxy groups -OCH3 is 1. The van der Waals surface area contributed by atoms with Gasteiger partial charge in [-0.15, -0.1) is 22.7 Å². The summed E-state index contributed by atoms with van der Waals surface area (Å²) in [6, 6.07) is 1.35. The highest BCUT2D eigenvalue weighted by Crippen LogP contribution is 2.37. The summed E-state index contributed by atoms with van der Waals surface area (Å²) in [5.74, 6) is -0.610. The molecule has 0 aliphatic heterocycles. The van der Waals surface area contributed by atoms with Crippen molar-refractivity contribution in [2.45, 2.75) is 11.1 Å². The molecule has 0 aliphatic carbocycles. The summed E-state index contributed by atoms with van der Waals surface area (Å²) in [7, 11) is -2.70. The molecule has 2 aromatic rings. The molecule has 10 heteroatoms. The molecular formula is C11H9Cl2NO4S3. The largest absolute Gasteiger partial charge is 0.465 e. The Morgan fingerprint density at radius 1 is 1.38 bits per heavy atom. The minimum atomic E-state index is -3.93. The first-order valence-corrected chi connectivity index (χ1v) is 9.34. The molecule has 0 radical (unpaired) electrons. The Balaban J connectivity index is 2.44. The predicted octanol–water partition coefficient (Wildman–Crippen LogP) is 4.01. The Morgan fingerprint density at radius 3 is 2.57 bits per heavy atom. The lowest BCUT2D eigenvalue weighted by Crippen LogP contribution is -2.14. The van der Waals surface area contributed by atoms with Gasteiger partial charge in [-0.3, -0.25) is 4.72 Å². The van der Waals surface area contributed by atoms with Gasteiger partial charge in [-0.1, -0.05) is 23.2 Å². The summed E-state index contributed by atoms with van der Waals surface area (Å²) in [4.78, 5) is 11.8. The Labute approximate surface area is 139 Å². The fourth-order valence-corrected chi connectivity index (χ4v) is 5.90. The lowest BCUT2D eigenvalue weighted by molar-refractivity contribution is 0.0607. The maximum Gasteiger partial charge on any atom is 0.350 e. The monoisotopic (exact) mass is 385 g/mol. The van der Waals surface area contributed by atoms with Crippen LogP contribution in [0.3, 0.4) is 0 Å². The van der Waals surface area contributed by atoms with Gasteiger partial charge in [0, 0.05) is 0 Å². The van der Waals surface area contributed by atoms with Crippen molar-refractivity contribution in [1.29, 1.82) is 0 Å². The third-order valence-electron chi connectivity index (χ3n) is 2.45. The third kappa shape index (κ3) is 3.35. The second kappa shape index (κ2) is 6.13. The number of ether oxygens (including phenoxy) is 1. The second-order valence-electron chi connectivity index (χ2n) is 3.91. The summed E-state index contributed by atoms with van der Waals surface area (Å²) < 4.78 is 31.9. The topological polar surface area (TPSA) is 72.5 Å². The van der Waals surface area contributed by atoms with Crippen LogP contribution in [0.25, 0.3) is 0 Å². The van der Waals surface area contributed by atoms with Crippen molar-refractivity contribution in [3.63, 3.8) is 0 Å². The average molecular weight is 386 g/mol. The molecular weight excluding hydrogens is 377 g/mol. The maximum atomic E-state index is 12.4. The molecule has 5 nitrogen and oxygen atoms in total. The van der Waals surface area contributed by atoms with Gasteiger partial charge in [-0.2, -0.15) is 0 Å². The molecule has 0 amide bonds. The maximum absolute atomic E-state index is 12.4. The van der Waals surface area contributed by atoms with E-state index in [2.05, 4.69) is 9.46 Å². The Hall–Kier alpha value is -0.800. The molecule has 2 rings (SSSR count). The summed E-state index contributed by atoms with van der Waals surface area (Å²) in [6.45, 7) is 1.68. The van der Waals surface area contributed by atoms with Crippen LogP contribution in [0, 0.1) is 6.92 Å². The zero-order valence-electron chi connectivity index (χ0n) is 10.8. The molecule has 0 aliphatic rings. The van der Waals surface area contributed by atoms with E-state index in [1.54, 1.807) is 12.3 Å². The molecule has 0 bridgehead atoms. The summed E-state index contributed by atoms with van der Waals surface area (Å²) in [6.07, 6.45) is 0. The van der Waals surface area contributed by atoms with E-state index in [1.807, 2.05) is 0 Å². The molecule has 21 heavy (non-hydrogen) atoms. The van der Waals surface area contributed by atoms with E-state index in [4.69, 9.17) is 23.2 Å². The number of thiophene rings is 2. The molecule has 0 saturated heterocycles. The van der Waals surface area contributed by atoms with E-state index in [0.717, 1.165) is 22.7 Å². The van der Waals surface area contributed by atoms with Gasteiger partial charge in [0.25, 0.3) is 10.0 Å². The van der Waals surface area contributed by atoms with Gasteiger partial charge < -0.3 is 4.74 Å². The standard InChI is InChI=1S/C11H9Cl2NO4S3/c1-5-4-19-9(10(15)18-2)8(5)14-21(16,17)11-6(12)3-7(13)20-11/h3-4,14H,1-2H3.